The third-order valence-electron chi connectivity index (χ3n) is 2.70. The Morgan fingerprint density at radius 2 is 1.72 bits per heavy atom. The Morgan fingerprint density at radius 3 is 2.24 bits per heavy atom. The van der Waals surface area contributed by atoms with Gasteiger partial charge in [0.2, 0.25) is 0 Å². The number of nitrogens with zero attached hydrogens (tertiary/aromatic N) is 3. The molecule has 0 atom stereocenters. The predicted molar refractivity (Wildman–Crippen MR) is 77.1 cm³/mol. The zero-order valence-electron chi connectivity index (χ0n) is 12.5. The highest BCUT2D eigenvalue weighted by molar-refractivity contribution is 5.66. The van der Waals surface area contributed by atoms with Gasteiger partial charge in [-0.05, 0) is 31.2 Å². The van der Waals surface area contributed by atoms with E-state index in [0.717, 1.165) is 18.3 Å². The van der Waals surface area contributed by atoms with Gasteiger partial charge in [0.1, 0.15) is 12.0 Å². The first kappa shape index (κ1) is 18.5. The number of halogens is 6. The number of benzene rings is 1. The maximum absolute atomic E-state index is 12.1. The maximum atomic E-state index is 12.1. The number of nitrogens with one attached hydrogen (secondary N) is 1. The largest absolute Gasteiger partial charge is 0.573 e. The maximum Gasteiger partial charge on any atom is 0.573 e. The van der Waals surface area contributed by atoms with Crippen molar-refractivity contribution in [1.29, 1.82) is 0 Å². The lowest BCUT2D eigenvalue weighted by atomic mass is 10.1. The Labute approximate surface area is 137 Å². The molecule has 1 heterocycles. The second-order valence-corrected chi connectivity index (χ2v) is 4.67. The smallest absolute Gasteiger partial charge is 0.406 e. The van der Waals surface area contributed by atoms with E-state index in [2.05, 4.69) is 25.2 Å². The third kappa shape index (κ3) is 5.94. The molecular formula is C14H10F6N4O. The van der Waals surface area contributed by atoms with Crippen LogP contribution in [0.1, 0.15) is 5.69 Å². The van der Waals surface area contributed by atoms with Crippen molar-refractivity contribution >= 4 is 12.0 Å². The van der Waals surface area contributed by atoms with E-state index in [1.54, 1.807) is 6.92 Å². The SMILES string of the molecule is Cc1nc(N/N=C/C(F)(F)F)cnc1-c1ccc(OC(F)(F)F)cc1. The van der Waals surface area contributed by atoms with E-state index in [4.69, 9.17) is 0 Å². The van der Waals surface area contributed by atoms with E-state index in [-0.39, 0.29) is 17.8 Å². The Morgan fingerprint density at radius 1 is 1.08 bits per heavy atom. The van der Waals surface area contributed by atoms with Crippen molar-refractivity contribution in [3.63, 3.8) is 0 Å². The lowest BCUT2D eigenvalue weighted by Crippen LogP contribution is -2.16. The number of alkyl halides is 6. The van der Waals surface area contributed by atoms with Crippen LogP contribution in [0.3, 0.4) is 0 Å². The van der Waals surface area contributed by atoms with Gasteiger partial charge in [0, 0.05) is 5.56 Å². The minimum absolute atomic E-state index is 0.0150. The minimum atomic E-state index is -4.79. The van der Waals surface area contributed by atoms with Crippen LogP contribution >= 0.6 is 0 Å². The van der Waals surface area contributed by atoms with Gasteiger partial charge in [-0.2, -0.15) is 18.3 Å². The van der Waals surface area contributed by atoms with E-state index in [1.807, 2.05) is 0 Å². The van der Waals surface area contributed by atoms with Gasteiger partial charge in [-0.25, -0.2) is 4.98 Å². The van der Waals surface area contributed by atoms with Crippen LogP contribution in [0.25, 0.3) is 11.3 Å². The third-order valence-corrected chi connectivity index (χ3v) is 2.70. The molecule has 0 amide bonds. The molecular weight excluding hydrogens is 354 g/mol. The van der Waals surface area contributed by atoms with Crippen LogP contribution in [0.15, 0.2) is 35.6 Å². The highest BCUT2D eigenvalue weighted by atomic mass is 19.4. The predicted octanol–water partition coefficient (Wildman–Crippen LogP) is 4.31. The fourth-order valence-electron chi connectivity index (χ4n) is 1.80. The number of hydrogen-bond acceptors (Lipinski definition) is 5. The summed E-state index contributed by atoms with van der Waals surface area (Å²) in [5.41, 5.74) is 3.24. The number of rotatable bonds is 4. The number of anilines is 1. The molecule has 0 radical (unpaired) electrons. The Balaban J connectivity index is 2.14. The summed E-state index contributed by atoms with van der Waals surface area (Å²) in [5.74, 6) is -0.402. The summed E-state index contributed by atoms with van der Waals surface area (Å²) in [4.78, 5) is 8.01. The summed E-state index contributed by atoms with van der Waals surface area (Å²) in [6.45, 7) is 1.54. The lowest BCUT2D eigenvalue weighted by Gasteiger charge is -2.10. The molecule has 0 saturated carbocycles. The van der Waals surface area contributed by atoms with Crippen molar-refractivity contribution in [2.45, 2.75) is 19.5 Å². The molecule has 0 aliphatic rings. The zero-order valence-corrected chi connectivity index (χ0v) is 12.5. The Kier molecular flexibility index (Phi) is 5.14. The van der Waals surface area contributed by atoms with Gasteiger partial charge in [-0.15, -0.1) is 13.2 Å². The quantitative estimate of drug-likeness (QED) is 0.499. The summed E-state index contributed by atoms with van der Waals surface area (Å²) < 4.78 is 76.0. The van der Waals surface area contributed by atoms with Gasteiger partial charge in [-0.3, -0.25) is 10.4 Å². The highest BCUT2D eigenvalue weighted by Crippen LogP contribution is 2.27. The number of hydrazone groups is 1. The second-order valence-electron chi connectivity index (χ2n) is 4.67. The molecule has 134 valence electrons. The van der Waals surface area contributed by atoms with Crippen LogP contribution in [0.2, 0.25) is 0 Å². The van der Waals surface area contributed by atoms with Crippen LogP contribution in [0.4, 0.5) is 32.2 Å². The van der Waals surface area contributed by atoms with Crippen molar-refractivity contribution < 1.29 is 31.1 Å². The zero-order chi connectivity index (χ0) is 18.7. The number of hydrogen-bond donors (Lipinski definition) is 1. The normalized spacial score (nSPS) is 12.4. The molecule has 0 aliphatic carbocycles. The summed E-state index contributed by atoms with van der Waals surface area (Å²) in [6, 6.07) is 4.94. The molecule has 1 aromatic carbocycles. The first-order valence-electron chi connectivity index (χ1n) is 6.60. The fourth-order valence-corrected chi connectivity index (χ4v) is 1.80. The van der Waals surface area contributed by atoms with Gasteiger partial charge >= 0.3 is 12.5 Å². The van der Waals surface area contributed by atoms with E-state index in [0.29, 0.717) is 17.0 Å². The average molecular weight is 364 g/mol. The number of ether oxygens (including phenoxy) is 1. The standard InChI is InChI=1S/C14H10F6N4O/c1-8-12(9-2-4-10(5-3-9)25-14(18,19)20)21-6-11(23-8)24-22-7-13(15,16)17/h2-7H,1H3,(H,23,24)/b22-7+. The summed E-state index contributed by atoms with van der Waals surface area (Å²) in [6.07, 6.45) is -8.44. The Bertz CT molecular complexity index is 755. The number of aromatic nitrogens is 2. The van der Waals surface area contributed by atoms with Gasteiger partial charge in [0.15, 0.2) is 5.82 Å². The molecule has 11 heteroatoms. The average Bonchev–Trinajstić information content (AvgIpc) is 2.45. The number of aryl methyl sites for hydroxylation is 1. The van der Waals surface area contributed by atoms with E-state index < -0.39 is 12.5 Å². The molecule has 2 rings (SSSR count). The molecule has 0 bridgehead atoms. The molecule has 5 nitrogen and oxygen atoms in total. The van der Waals surface area contributed by atoms with Crippen LogP contribution < -0.4 is 10.2 Å². The summed E-state index contributed by atoms with van der Waals surface area (Å²) in [5, 5.41) is 2.98. The molecule has 25 heavy (non-hydrogen) atoms. The van der Waals surface area contributed by atoms with Crippen LogP contribution in [-0.2, 0) is 0 Å². The van der Waals surface area contributed by atoms with Gasteiger partial charge < -0.3 is 4.74 Å². The topological polar surface area (TPSA) is 59.4 Å². The van der Waals surface area contributed by atoms with Crippen LogP contribution in [-0.4, -0.2) is 28.7 Å². The van der Waals surface area contributed by atoms with Crippen molar-refractivity contribution in [2.24, 2.45) is 5.10 Å². The molecule has 0 spiro atoms. The van der Waals surface area contributed by atoms with Gasteiger partial charge in [0.05, 0.1) is 17.6 Å². The van der Waals surface area contributed by atoms with Gasteiger partial charge in [-0.1, -0.05) is 0 Å². The van der Waals surface area contributed by atoms with Crippen molar-refractivity contribution in [1.82, 2.24) is 9.97 Å². The molecule has 1 aromatic heterocycles. The van der Waals surface area contributed by atoms with E-state index in [9.17, 15) is 26.3 Å². The van der Waals surface area contributed by atoms with Crippen molar-refractivity contribution in [2.75, 3.05) is 5.43 Å². The van der Waals surface area contributed by atoms with Crippen LogP contribution in [0, 0.1) is 6.92 Å². The van der Waals surface area contributed by atoms with Crippen molar-refractivity contribution in [3.8, 4) is 17.0 Å². The fraction of sp³-hybridized carbons (Fsp3) is 0.214. The minimum Gasteiger partial charge on any atom is -0.406 e. The van der Waals surface area contributed by atoms with Gasteiger partial charge in [0.25, 0.3) is 0 Å². The molecule has 2 aromatic rings. The van der Waals surface area contributed by atoms with E-state index in [1.165, 1.54) is 12.1 Å². The first-order valence-corrected chi connectivity index (χ1v) is 6.60. The summed E-state index contributed by atoms with van der Waals surface area (Å²) in [7, 11) is 0. The van der Waals surface area contributed by atoms with E-state index >= 15 is 0 Å². The highest BCUT2D eigenvalue weighted by Gasteiger charge is 2.31. The Hall–Kier alpha value is -2.85. The molecule has 0 aliphatic heterocycles. The van der Waals surface area contributed by atoms with Crippen molar-refractivity contribution in [3.05, 3.63) is 36.2 Å². The monoisotopic (exact) mass is 364 g/mol. The molecule has 1 N–H and O–H groups in total. The first-order chi connectivity index (χ1) is 11.5. The lowest BCUT2D eigenvalue weighted by molar-refractivity contribution is -0.274. The second kappa shape index (κ2) is 6.95. The molecule has 0 saturated heterocycles. The molecule has 0 unspecified atom stereocenters. The molecule has 0 fully saturated rings. The van der Waals surface area contributed by atoms with Crippen LogP contribution in [0.5, 0.6) is 5.75 Å². The summed E-state index contributed by atoms with van der Waals surface area (Å²) >= 11 is 0.